The first kappa shape index (κ1) is 17.8. The zero-order chi connectivity index (χ0) is 19.3. The average molecular weight is 366 g/mol. The molecule has 4 heteroatoms. The summed E-state index contributed by atoms with van der Waals surface area (Å²) in [6, 6.07) is 6.28. The molecule has 0 spiro atoms. The first-order valence-electron chi connectivity index (χ1n) is 9.27. The topological polar surface area (TPSA) is 36.9 Å². The molecule has 1 heterocycles. The smallest absolute Gasteiger partial charge is 0.164 e. The van der Waals surface area contributed by atoms with E-state index in [9.17, 15) is 0 Å². The first-order valence-corrected chi connectivity index (χ1v) is 9.27. The summed E-state index contributed by atoms with van der Waals surface area (Å²) in [6.07, 6.45) is 3.98. The van der Waals surface area contributed by atoms with Gasteiger partial charge in [0.15, 0.2) is 11.5 Å². The van der Waals surface area contributed by atoms with Crippen LogP contribution in [0.2, 0.25) is 0 Å². The maximum absolute atomic E-state index is 6.40. The van der Waals surface area contributed by atoms with Crippen molar-refractivity contribution in [2.75, 3.05) is 21.3 Å². The molecule has 142 valence electrons. The second-order valence-corrected chi connectivity index (χ2v) is 7.66. The summed E-state index contributed by atoms with van der Waals surface area (Å²) < 4.78 is 23.3. The minimum atomic E-state index is -0.411. The molecule has 0 saturated heterocycles. The second-order valence-electron chi connectivity index (χ2n) is 7.66. The Kier molecular flexibility index (Phi) is 4.10. The molecule has 2 aliphatic rings. The lowest BCUT2D eigenvalue weighted by Gasteiger charge is -2.34. The number of aryl methyl sites for hydroxylation is 1. The van der Waals surface area contributed by atoms with Crippen molar-refractivity contribution in [3.63, 3.8) is 0 Å². The number of hydrogen-bond donors (Lipinski definition) is 0. The summed E-state index contributed by atoms with van der Waals surface area (Å²) in [5, 5.41) is 0. The zero-order valence-corrected chi connectivity index (χ0v) is 16.9. The van der Waals surface area contributed by atoms with Crippen LogP contribution in [-0.4, -0.2) is 26.9 Å². The number of fused-ring (bicyclic) bond motifs is 2. The summed E-state index contributed by atoms with van der Waals surface area (Å²) in [4.78, 5) is 0. The van der Waals surface area contributed by atoms with Crippen molar-refractivity contribution in [2.45, 2.75) is 39.2 Å². The molecule has 0 bridgehead atoms. The second kappa shape index (κ2) is 6.22. The Hall–Kier alpha value is -2.62. The van der Waals surface area contributed by atoms with Gasteiger partial charge in [0, 0.05) is 16.7 Å². The summed E-state index contributed by atoms with van der Waals surface area (Å²) in [5.74, 6) is 3.38. The Balaban J connectivity index is 2.05. The van der Waals surface area contributed by atoms with E-state index in [1.54, 1.807) is 21.3 Å². The third-order valence-corrected chi connectivity index (χ3v) is 5.49. The average Bonchev–Trinajstić information content (AvgIpc) is 2.80. The molecule has 0 fully saturated rings. The van der Waals surface area contributed by atoms with Crippen LogP contribution < -0.4 is 18.9 Å². The third kappa shape index (κ3) is 2.66. The van der Waals surface area contributed by atoms with Gasteiger partial charge in [0.1, 0.15) is 17.1 Å². The van der Waals surface area contributed by atoms with Gasteiger partial charge in [0.05, 0.1) is 21.3 Å². The van der Waals surface area contributed by atoms with Crippen LogP contribution in [-0.2, 0) is 12.8 Å². The van der Waals surface area contributed by atoms with Gasteiger partial charge in [-0.1, -0.05) is 6.07 Å². The molecule has 27 heavy (non-hydrogen) atoms. The van der Waals surface area contributed by atoms with Gasteiger partial charge < -0.3 is 18.9 Å². The van der Waals surface area contributed by atoms with E-state index in [4.69, 9.17) is 18.9 Å². The Labute approximate surface area is 160 Å². The van der Waals surface area contributed by atoms with Crippen molar-refractivity contribution in [3.05, 3.63) is 52.1 Å². The number of benzene rings is 2. The summed E-state index contributed by atoms with van der Waals surface area (Å²) >= 11 is 0. The third-order valence-electron chi connectivity index (χ3n) is 5.49. The highest BCUT2D eigenvalue weighted by Crippen LogP contribution is 2.50. The molecular weight excluding hydrogens is 340 g/mol. The van der Waals surface area contributed by atoms with Gasteiger partial charge in [0.2, 0.25) is 0 Å². The molecule has 0 aromatic heterocycles. The van der Waals surface area contributed by atoms with Crippen LogP contribution in [0.4, 0.5) is 0 Å². The highest BCUT2D eigenvalue weighted by atomic mass is 16.5. The van der Waals surface area contributed by atoms with Crippen molar-refractivity contribution < 1.29 is 18.9 Å². The van der Waals surface area contributed by atoms with E-state index in [0.29, 0.717) is 0 Å². The van der Waals surface area contributed by atoms with E-state index >= 15 is 0 Å². The van der Waals surface area contributed by atoms with E-state index < -0.39 is 5.60 Å². The maximum Gasteiger partial charge on any atom is 0.164 e. The van der Waals surface area contributed by atoms with E-state index in [-0.39, 0.29) is 0 Å². The standard InChI is InChI=1S/C23H26O4/c1-13-19(25-5)11-14-7-8-16-15(9-10-18(24-4)22(16)26-6)17-12-23(2,3)27-21(13)20(14)17/h9-12H,7-8H2,1-6H3. The van der Waals surface area contributed by atoms with Gasteiger partial charge in [0.25, 0.3) is 0 Å². The van der Waals surface area contributed by atoms with Crippen molar-refractivity contribution in [1.82, 2.24) is 0 Å². The normalized spacial score (nSPS) is 16.3. The Morgan fingerprint density at radius 3 is 2.37 bits per heavy atom. The van der Waals surface area contributed by atoms with Crippen LogP contribution in [0.1, 0.15) is 41.7 Å². The molecule has 0 atom stereocenters. The lowest BCUT2D eigenvalue weighted by Crippen LogP contribution is -2.30. The molecule has 4 nitrogen and oxygen atoms in total. The molecule has 4 rings (SSSR count). The fourth-order valence-corrected chi connectivity index (χ4v) is 4.29. The van der Waals surface area contributed by atoms with Gasteiger partial charge >= 0.3 is 0 Å². The minimum Gasteiger partial charge on any atom is -0.496 e. The van der Waals surface area contributed by atoms with Gasteiger partial charge in [-0.25, -0.2) is 0 Å². The van der Waals surface area contributed by atoms with Crippen molar-refractivity contribution >= 4 is 5.57 Å². The van der Waals surface area contributed by atoms with Gasteiger partial charge in [-0.05, 0) is 68.5 Å². The van der Waals surface area contributed by atoms with Gasteiger partial charge in [-0.15, -0.1) is 0 Å². The van der Waals surface area contributed by atoms with Crippen molar-refractivity contribution in [1.29, 1.82) is 0 Å². The fraction of sp³-hybridized carbons (Fsp3) is 0.391. The Bertz CT molecular complexity index is 954. The zero-order valence-electron chi connectivity index (χ0n) is 16.9. The number of ether oxygens (including phenoxy) is 4. The van der Waals surface area contributed by atoms with Crippen molar-refractivity contribution in [2.24, 2.45) is 0 Å². The summed E-state index contributed by atoms with van der Waals surface area (Å²) in [7, 11) is 5.10. The van der Waals surface area contributed by atoms with E-state index in [0.717, 1.165) is 41.4 Å². The van der Waals surface area contributed by atoms with Crippen molar-refractivity contribution in [3.8, 4) is 23.0 Å². The summed E-state index contributed by atoms with van der Waals surface area (Å²) in [5.41, 5.74) is 6.62. The number of rotatable bonds is 3. The molecule has 0 N–H and O–H groups in total. The molecule has 2 aromatic rings. The molecule has 1 aliphatic carbocycles. The van der Waals surface area contributed by atoms with Crippen LogP contribution in [0, 0.1) is 6.92 Å². The highest BCUT2D eigenvalue weighted by Gasteiger charge is 2.34. The van der Waals surface area contributed by atoms with Crippen LogP contribution in [0.3, 0.4) is 0 Å². The fourth-order valence-electron chi connectivity index (χ4n) is 4.29. The molecule has 2 aromatic carbocycles. The number of methoxy groups -OCH3 is 3. The number of hydrogen-bond acceptors (Lipinski definition) is 4. The van der Waals surface area contributed by atoms with Crippen LogP contribution in [0.25, 0.3) is 5.57 Å². The lowest BCUT2D eigenvalue weighted by atomic mass is 9.86. The Morgan fingerprint density at radius 2 is 1.70 bits per heavy atom. The molecule has 0 unspecified atom stereocenters. The van der Waals surface area contributed by atoms with E-state index in [2.05, 4.69) is 39.0 Å². The monoisotopic (exact) mass is 366 g/mol. The van der Waals surface area contributed by atoms with Gasteiger partial charge in [-0.3, -0.25) is 0 Å². The molecule has 0 radical (unpaired) electrons. The van der Waals surface area contributed by atoms with Gasteiger partial charge in [-0.2, -0.15) is 0 Å². The van der Waals surface area contributed by atoms with E-state index in [1.165, 1.54) is 27.8 Å². The van der Waals surface area contributed by atoms with Crippen LogP contribution in [0.15, 0.2) is 24.3 Å². The van der Waals surface area contributed by atoms with Crippen LogP contribution >= 0.6 is 0 Å². The minimum absolute atomic E-state index is 0.411. The molecule has 0 saturated carbocycles. The molecule has 0 amide bonds. The first-order chi connectivity index (χ1) is 12.9. The lowest BCUT2D eigenvalue weighted by molar-refractivity contribution is 0.156. The summed E-state index contributed by atoms with van der Waals surface area (Å²) in [6.45, 7) is 6.24. The quantitative estimate of drug-likeness (QED) is 0.787. The largest absolute Gasteiger partial charge is 0.496 e. The Morgan fingerprint density at radius 1 is 0.963 bits per heavy atom. The SMILES string of the molecule is COc1cc2c3c(c1C)OC(C)(C)C=C3c1ccc(OC)c(OC)c1CC2. The highest BCUT2D eigenvalue weighted by molar-refractivity contribution is 5.90. The van der Waals surface area contributed by atoms with E-state index in [1.807, 2.05) is 6.07 Å². The molecular formula is C23H26O4. The maximum atomic E-state index is 6.40. The van der Waals surface area contributed by atoms with Crippen LogP contribution in [0.5, 0.6) is 23.0 Å². The predicted molar refractivity (Wildman–Crippen MR) is 106 cm³/mol. The molecule has 1 aliphatic heterocycles. The predicted octanol–water partition coefficient (Wildman–Crippen LogP) is 4.72.